The molecule has 5 heteroatoms. The van der Waals surface area contributed by atoms with Gasteiger partial charge in [0.15, 0.2) is 0 Å². The van der Waals surface area contributed by atoms with Crippen molar-refractivity contribution in [2.45, 2.75) is 18.9 Å². The number of aliphatic carboxylic acids is 1. The summed E-state index contributed by atoms with van der Waals surface area (Å²) in [6, 6.07) is 0.0925. The largest absolute Gasteiger partial charge is 0.480 e. The van der Waals surface area contributed by atoms with Crippen molar-refractivity contribution in [3.05, 3.63) is 0 Å². The molecule has 0 saturated carbocycles. The van der Waals surface area contributed by atoms with Gasteiger partial charge in [0.25, 0.3) is 0 Å². The summed E-state index contributed by atoms with van der Waals surface area (Å²) in [6.45, 7) is 1.53. The van der Waals surface area contributed by atoms with Crippen LogP contribution in [0.5, 0.6) is 0 Å². The highest BCUT2D eigenvalue weighted by atomic mass is 16.4. The first-order valence-electron chi connectivity index (χ1n) is 4.37. The van der Waals surface area contributed by atoms with E-state index >= 15 is 0 Å². The van der Waals surface area contributed by atoms with Crippen LogP contribution >= 0.6 is 0 Å². The van der Waals surface area contributed by atoms with Crippen molar-refractivity contribution in [1.29, 1.82) is 0 Å². The Morgan fingerprint density at radius 1 is 1.54 bits per heavy atom. The average Bonchev–Trinajstić information content (AvgIpc) is 2.15. The number of carbonyl (C=O) groups is 2. The van der Waals surface area contributed by atoms with Crippen molar-refractivity contribution >= 4 is 12.4 Å². The van der Waals surface area contributed by atoms with Crippen LogP contribution in [0.2, 0.25) is 0 Å². The number of rotatable bonds is 4. The smallest absolute Gasteiger partial charge is 0.323 e. The summed E-state index contributed by atoms with van der Waals surface area (Å²) in [5.74, 6) is -0.953. The van der Waals surface area contributed by atoms with Crippen molar-refractivity contribution in [1.82, 2.24) is 10.2 Å². The molecule has 5 nitrogen and oxygen atoms in total. The Morgan fingerprint density at radius 3 is 2.62 bits per heavy atom. The van der Waals surface area contributed by atoms with Gasteiger partial charge in [-0.15, -0.1) is 0 Å². The number of nitrogens with zero attached hydrogens (tertiary/aromatic N) is 1. The predicted molar refractivity (Wildman–Crippen MR) is 46.3 cm³/mol. The predicted octanol–water partition coefficient (Wildman–Crippen LogP) is -0.719. The Bertz CT molecular complexity index is 190. The van der Waals surface area contributed by atoms with Crippen LogP contribution in [0.3, 0.4) is 0 Å². The molecule has 1 amide bonds. The second-order valence-corrected chi connectivity index (χ2v) is 3.15. The molecule has 0 atom stereocenters. The fourth-order valence-corrected chi connectivity index (χ4v) is 1.55. The monoisotopic (exact) mass is 186 g/mol. The van der Waals surface area contributed by atoms with Crippen LogP contribution in [0.25, 0.3) is 0 Å². The molecular formula is C8H14N2O3. The van der Waals surface area contributed by atoms with Crippen molar-refractivity contribution < 1.29 is 14.7 Å². The third-order valence-corrected chi connectivity index (χ3v) is 2.23. The van der Waals surface area contributed by atoms with E-state index in [1.165, 1.54) is 4.90 Å². The van der Waals surface area contributed by atoms with Gasteiger partial charge in [-0.3, -0.25) is 9.59 Å². The molecule has 0 aromatic rings. The molecule has 0 unspecified atom stereocenters. The number of carboxylic acids is 1. The fourth-order valence-electron chi connectivity index (χ4n) is 1.55. The van der Waals surface area contributed by atoms with Gasteiger partial charge in [-0.1, -0.05) is 0 Å². The van der Waals surface area contributed by atoms with E-state index in [1.54, 1.807) is 0 Å². The Kier molecular flexibility index (Phi) is 3.70. The molecule has 0 aromatic carbocycles. The van der Waals surface area contributed by atoms with Gasteiger partial charge in [0, 0.05) is 6.04 Å². The standard InChI is InChI=1S/C8H14N2O3/c11-6-10(5-8(12)13)7-1-3-9-4-2-7/h6-7,9H,1-5H2,(H,12,13). The van der Waals surface area contributed by atoms with Gasteiger partial charge in [0.1, 0.15) is 6.54 Å². The van der Waals surface area contributed by atoms with Gasteiger partial charge < -0.3 is 15.3 Å². The molecule has 0 radical (unpaired) electrons. The summed E-state index contributed by atoms with van der Waals surface area (Å²) in [7, 11) is 0. The third kappa shape index (κ3) is 3.02. The lowest BCUT2D eigenvalue weighted by Crippen LogP contribution is -2.44. The van der Waals surface area contributed by atoms with Crippen LogP contribution in [-0.2, 0) is 9.59 Å². The maximum atomic E-state index is 10.6. The first-order valence-corrected chi connectivity index (χ1v) is 4.37. The minimum atomic E-state index is -0.953. The number of amides is 1. The number of piperidine rings is 1. The minimum Gasteiger partial charge on any atom is -0.480 e. The molecule has 1 rings (SSSR count). The SMILES string of the molecule is O=CN(CC(=O)O)C1CCNCC1. The van der Waals surface area contributed by atoms with Crippen LogP contribution in [0.15, 0.2) is 0 Å². The normalized spacial score (nSPS) is 18.2. The van der Waals surface area contributed by atoms with Gasteiger partial charge in [0.2, 0.25) is 6.41 Å². The molecule has 0 aliphatic carbocycles. The third-order valence-electron chi connectivity index (χ3n) is 2.23. The molecule has 1 heterocycles. The second kappa shape index (κ2) is 4.81. The van der Waals surface area contributed by atoms with Crippen LogP contribution < -0.4 is 5.32 Å². The fraction of sp³-hybridized carbons (Fsp3) is 0.750. The molecule has 1 saturated heterocycles. The van der Waals surface area contributed by atoms with Crippen molar-refractivity contribution in [3.8, 4) is 0 Å². The van der Waals surface area contributed by atoms with E-state index in [-0.39, 0.29) is 12.6 Å². The van der Waals surface area contributed by atoms with Gasteiger partial charge >= 0.3 is 5.97 Å². The maximum absolute atomic E-state index is 10.6. The Morgan fingerprint density at radius 2 is 2.15 bits per heavy atom. The van der Waals surface area contributed by atoms with E-state index in [0.717, 1.165) is 25.9 Å². The summed E-state index contributed by atoms with van der Waals surface area (Å²) in [5, 5.41) is 11.7. The summed E-state index contributed by atoms with van der Waals surface area (Å²) < 4.78 is 0. The molecule has 1 aliphatic rings. The zero-order chi connectivity index (χ0) is 9.68. The minimum absolute atomic E-state index is 0.0925. The van der Waals surface area contributed by atoms with Gasteiger partial charge in [-0.05, 0) is 25.9 Å². The quantitative estimate of drug-likeness (QED) is 0.568. The highest BCUT2D eigenvalue weighted by molar-refractivity contribution is 5.72. The van der Waals surface area contributed by atoms with Crippen molar-refractivity contribution in [2.24, 2.45) is 0 Å². The number of hydrogen-bond donors (Lipinski definition) is 2. The van der Waals surface area contributed by atoms with E-state index in [4.69, 9.17) is 5.11 Å². The topological polar surface area (TPSA) is 69.6 Å². The average molecular weight is 186 g/mol. The first-order chi connectivity index (χ1) is 6.24. The first kappa shape index (κ1) is 9.98. The number of carbonyl (C=O) groups excluding carboxylic acids is 1. The molecule has 0 spiro atoms. The van der Waals surface area contributed by atoms with Gasteiger partial charge in [-0.25, -0.2) is 0 Å². The molecule has 13 heavy (non-hydrogen) atoms. The van der Waals surface area contributed by atoms with E-state index in [9.17, 15) is 9.59 Å². The molecular weight excluding hydrogens is 172 g/mol. The molecule has 1 aliphatic heterocycles. The highest BCUT2D eigenvalue weighted by Gasteiger charge is 2.20. The summed E-state index contributed by atoms with van der Waals surface area (Å²) in [4.78, 5) is 22.3. The van der Waals surface area contributed by atoms with Crippen molar-refractivity contribution in [2.75, 3.05) is 19.6 Å². The van der Waals surface area contributed by atoms with Crippen LogP contribution in [0.4, 0.5) is 0 Å². The highest BCUT2D eigenvalue weighted by Crippen LogP contribution is 2.09. The number of carboxylic acid groups (broad SMARTS) is 1. The summed E-state index contributed by atoms with van der Waals surface area (Å²) in [6.07, 6.45) is 2.31. The molecule has 1 fully saturated rings. The lowest BCUT2D eigenvalue weighted by Gasteiger charge is -2.30. The zero-order valence-corrected chi connectivity index (χ0v) is 7.40. The lowest BCUT2D eigenvalue weighted by molar-refractivity contribution is -0.142. The Balaban J connectivity index is 2.43. The molecule has 0 bridgehead atoms. The maximum Gasteiger partial charge on any atom is 0.323 e. The van der Waals surface area contributed by atoms with E-state index in [0.29, 0.717) is 6.41 Å². The summed E-state index contributed by atoms with van der Waals surface area (Å²) >= 11 is 0. The van der Waals surface area contributed by atoms with Crippen molar-refractivity contribution in [3.63, 3.8) is 0 Å². The molecule has 2 N–H and O–H groups in total. The van der Waals surface area contributed by atoms with Crippen LogP contribution in [-0.4, -0.2) is 48.1 Å². The van der Waals surface area contributed by atoms with E-state index < -0.39 is 5.97 Å². The summed E-state index contributed by atoms with van der Waals surface area (Å²) in [5.41, 5.74) is 0. The second-order valence-electron chi connectivity index (χ2n) is 3.15. The number of nitrogens with one attached hydrogen (secondary N) is 1. The van der Waals surface area contributed by atoms with Gasteiger partial charge in [-0.2, -0.15) is 0 Å². The van der Waals surface area contributed by atoms with E-state index in [2.05, 4.69) is 5.32 Å². The molecule has 74 valence electrons. The van der Waals surface area contributed by atoms with Gasteiger partial charge in [0.05, 0.1) is 0 Å². The van der Waals surface area contributed by atoms with Crippen LogP contribution in [0, 0.1) is 0 Å². The Labute approximate surface area is 76.7 Å². The van der Waals surface area contributed by atoms with E-state index in [1.807, 2.05) is 0 Å². The van der Waals surface area contributed by atoms with Crippen LogP contribution in [0.1, 0.15) is 12.8 Å². The lowest BCUT2D eigenvalue weighted by atomic mass is 10.1. The zero-order valence-electron chi connectivity index (χ0n) is 7.40. The number of hydrogen-bond acceptors (Lipinski definition) is 3. The molecule has 0 aromatic heterocycles. The Hall–Kier alpha value is -1.10.